The van der Waals surface area contributed by atoms with Crippen LogP contribution in [0.5, 0.6) is 0 Å². The van der Waals surface area contributed by atoms with E-state index < -0.39 is 0 Å². The van der Waals surface area contributed by atoms with E-state index >= 15 is 0 Å². The van der Waals surface area contributed by atoms with Crippen molar-refractivity contribution in [2.24, 2.45) is 0 Å². The molecule has 0 unspecified atom stereocenters. The van der Waals surface area contributed by atoms with E-state index in [4.69, 9.17) is 0 Å². The predicted octanol–water partition coefficient (Wildman–Crippen LogP) is 4.39. The average Bonchev–Trinajstić information content (AvgIpc) is 2.76. The summed E-state index contributed by atoms with van der Waals surface area (Å²) in [7, 11) is 0. The molecule has 2 aromatic heterocycles. The maximum atomic E-state index is 12.5. The Morgan fingerprint density at radius 2 is 1.81 bits per heavy atom. The molecule has 3 aromatic rings. The summed E-state index contributed by atoms with van der Waals surface area (Å²) in [4.78, 5) is 22.0. The zero-order valence-electron chi connectivity index (χ0n) is 12.7. The maximum Gasteiger partial charge on any atom is 0.260 e. The molecule has 1 aromatic carbocycles. The van der Waals surface area contributed by atoms with Gasteiger partial charge in [-0.2, -0.15) is 0 Å². The minimum atomic E-state index is -0.0383. The van der Waals surface area contributed by atoms with Crippen LogP contribution in [0.15, 0.2) is 29.1 Å². The molecule has 3 rings (SSSR count). The van der Waals surface area contributed by atoms with Gasteiger partial charge < -0.3 is 4.98 Å². The summed E-state index contributed by atoms with van der Waals surface area (Å²) in [5.74, 6) is 0.969. The lowest BCUT2D eigenvalue weighted by Gasteiger charge is -2.05. The summed E-state index contributed by atoms with van der Waals surface area (Å²) in [6, 6.07) is 8.28. The van der Waals surface area contributed by atoms with Gasteiger partial charge in [0.2, 0.25) is 0 Å². The van der Waals surface area contributed by atoms with Gasteiger partial charge in [0, 0.05) is 16.4 Å². The number of aromatic nitrogens is 2. The number of aromatic amines is 1. The molecule has 0 radical (unpaired) electrons. The normalized spacial score (nSPS) is 11.5. The van der Waals surface area contributed by atoms with Crippen molar-refractivity contribution < 1.29 is 0 Å². The monoisotopic (exact) mass is 298 g/mol. The molecule has 3 nitrogen and oxygen atoms in total. The third kappa shape index (κ3) is 2.40. The Hall–Kier alpha value is -1.94. The highest BCUT2D eigenvalue weighted by molar-refractivity contribution is 7.19. The lowest BCUT2D eigenvalue weighted by molar-refractivity contribution is 0.778. The number of nitrogens with one attached hydrogen (secondary N) is 1. The molecule has 0 amide bonds. The van der Waals surface area contributed by atoms with E-state index in [0.717, 1.165) is 26.7 Å². The van der Waals surface area contributed by atoms with E-state index in [0.29, 0.717) is 5.39 Å². The largest absolute Gasteiger partial charge is 0.310 e. The van der Waals surface area contributed by atoms with E-state index in [9.17, 15) is 4.79 Å². The van der Waals surface area contributed by atoms with Crippen LogP contribution < -0.4 is 5.56 Å². The molecule has 0 aliphatic carbocycles. The third-order valence-electron chi connectivity index (χ3n) is 3.64. The van der Waals surface area contributed by atoms with Gasteiger partial charge in [-0.3, -0.25) is 4.79 Å². The SMILES string of the molecule is Cc1ccc(-c2c(C)sc3nc(C(C)C)[nH]c(=O)c23)cc1. The molecule has 0 aliphatic heterocycles. The fourth-order valence-corrected chi connectivity index (χ4v) is 3.53. The van der Waals surface area contributed by atoms with Crippen LogP contribution in [-0.2, 0) is 0 Å². The molecule has 4 heteroatoms. The lowest BCUT2D eigenvalue weighted by atomic mass is 10.0. The fourth-order valence-electron chi connectivity index (χ4n) is 2.48. The molecule has 0 spiro atoms. The predicted molar refractivity (Wildman–Crippen MR) is 89.2 cm³/mol. The highest BCUT2D eigenvalue weighted by Crippen LogP contribution is 2.35. The first-order chi connectivity index (χ1) is 9.97. The van der Waals surface area contributed by atoms with Crippen molar-refractivity contribution in [1.82, 2.24) is 9.97 Å². The second kappa shape index (κ2) is 5.11. The van der Waals surface area contributed by atoms with Crippen molar-refractivity contribution >= 4 is 21.6 Å². The van der Waals surface area contributed by atoms with E-state index in [1.165, 1.54) is 5.56 Å². The zero-order valence-corrected chi connectivity index (χ0v) is 13.5. The van der Waals surface area contributed by atoms with Crippen LogP contribution in [-0.4, -0.2) is 9.97 Å². The number of thiophene rings is 1. The van der Waals surface area contributed by atoms with E-state index in [1.54, 1.807) is 11.3 Å². The molecule has 108 valence electrons. The summed E-state index contributed by atoms with van der Waals surface area (Å²) in [6.45, 7) is 8.18. The quantitative estimate of drug-likeness (QED) is 0.762. The number of H-pyrrole nitrogens is 1. The number of fused-ring (bicyclic) bond motifs is 1. The second-order valence-corrected chi connectivity index (χ2v) is 6.89. The molecular weight excluding hydrogens is 280 g/mol. The number of benzene rings is 1. The first-order valence-electron chi connectivity index (χ1n) is 7.07. The Balaban J connectivity index is 2.31. The van der Waals surface area contributed by atoms with Crippen LogP contribution in [0.25, 0.3) is 21.3 Å². The Morgan fingerprint density at radius 3 is 2.43 bits per heavy atom. The molecule has 0 atom stereocenters. The Kier molecular flexibility index (Phi) is 3.41. The molecular formula is C17H18N2OS. The molecule has 21 heavy (non-hydrogen) atoms. The van der Waals surface area contributed by atoms with Crippen LogP contribution in [0, 0.1) is 13.8 Å². The van der Waals surface area contributed by atoms with Gasteiger partial charge in [-0.15, -0.1) is 11.3 Å². The van der Waals surface area contributed by atoms with Crippen LogP contribution in [0.2, 0.25) is 0 Å². The topological polar surface area (TPSA) is 45.8 Å². The van der Waals surface area contributed by atoms with Crippen molar-refractivity contribution in [3.05, 3.63) is 50.9 Å². The van der Waals surface area contributed by atoms with Gasteiger partial charge in [0.05, 0.1) is 5.39 Å². The Morgan fingerprint density at radius 1 is 1.14 bits per heavy atom. The molecule has 2 heterocycles. The average molecular weight is 298 g/mol. The van der Waals surface area contributed by atoms with E-state index in [1.807, 2.05) is 13.8 Å². The molecule has 0 saturated carbocycles. The van der Waals surface area contributed by atoms with Crippen molar-refractivity contribution in [3.63, 3.8) is 0 Å². The standard InChI is InChI=1S/C17H18N2OS/c1-9(2)15-18-16(20)14-13(11(4)21-17(14)19-15)12-7-5-10(3)6-8-12/h5-9H,1-4H3,(H,18,19,20). The molecule has 0 fully saturated rings. The molecule has 0 bridgehead atoms. The van der Waals surface area contributed by atoms with Gasteiger partial charge in [-0.05, 0) is 19.4 Å². The fraction of sp³-hybridized carbons (Fsp3) is 0.294. The summed E-state index contributed by atoms with van der Waals surface area (Å²) in [5, 5.41) is 0.714. The zero-order chi connectivity index (χ0) is 15.1. The minimum absolute atomic E-state index is 0.0383. The Bertz CT molecular complexity index is 857. The van der Waals surface area contributed by atoms with Gasteiger partial charge in [0.15, 0.2) is 0 Å². The van der Waals surface area contributed by atoms with Gasteiger partial charge >= 0.3 is 0 Å². The van der Waals surface area contributed by atoms with Gasteiger partial charge in [0.1, 0.15) is 10.7 Å². The second-order valence-electron chi connectivity index (χ2n) is 5.69. The van der Waals surface area contributed by atoms with Crippen LogP contribution >= 0.6 is 11.3 Å². The van der Waals surface area contributed by atoms with Gasteiger partial charge in [0.25, 0.3) is 5.56 Å². The highest BCUT2D eigenvalue weighted by Gasteiger charge is 2.17. The molecule has 1 N–H and O–H groups in total. The van der Waals surface area contributed by atoms with Gasteiger partial charge in [-0.1, -0.05) is 43.7 Å². The summed E-state index contributed by atoms with van der Waals surface area (Å²) >= 11 is 1.59. The summed E-state index contributed by atoms with van der Waals surface area (Å²) in [6.07, 6.45) is 0. The number of aryl methyl sites for hydroxylation is 2. The highest BCUT2D eigenvalue weighted by atomic mass is 32.1. The molecule has 0 aliphatic rings. The maximum absolute atomic E-state index is 12.5. The van der Waals surface area contributed by atoms with E-state index in [-0.39, 0.29) is 11.5 Å². The van der Waals surface area contributed by atoms with Crippen LogP contribution in [0.4, 0.5) is 0 Å². The van der Waals surface area contributed by atoms with Gasteiger partial charge in [-0.25, -0.2) is 4.98 Å². The smallest absolute Gasteiger partial charge is 0.260 e. The first kappa shape index (κ1) is 14.0. The molecule has 0 saturated heterocycles. The van der Waals surface area contributed by atoms with Crippen molar-refractivity contribution in [2.45, 2.75) is 33.6 Å². The summed E-state index contributed by atoms with van der Waals surface area (Å²) in [5.41, 5.74) is 3.27. The first-order valence-corrected chi connectivity index (χ1v) is 7.89. The number of hydrogen-bond acceptors (Lipinski definition) is 3. The lowest BCUT2D eigenvalue weighted by Crippen LogP contribution is -2.12. The van der Waals surface area contributed by atoms with Crippen molar-refractivity contribution in [1.29, 1.82) is 0 Å². The van der Waals surface area contributed by atoms with Crippen molar-refractivity contribution in [2.75, 3.05) is 0 Å². The van der Waals surface area contributed by atoms with Crippen LogP contribution in [0.3, 0.4) is 0 Å². The van der Waals surface area contributed by atoms with Crippen LogP contribution in [0.1, 0.15) is 36.0 Å². The summed E-state index contributed by atoms with van der Waals surface area (Å²) < 4.78 is 0. The minimum Gasteiger partial charge on any atom is -0.310 e. The van der Waals surface area contributed by atoms with E-state index in [2.05, 4.69) is 48.1 Å². The van der Waals surface area contributed by atoms with Crippen molar-refractivity contribution in [3.8, 4) is 11.1 Å². The number of rotatable bonds is 2. The number of nitrogens with zero attached hydrogens (tertiary/aromatic N) is 1. The Labute approximate surface area is 127 Å². The number of hydrogen-bond donors (Lipinski definition) is 1. The third-order valence-corrected chi connectivity index (χ3v) is 4.64.